The van der Waals surface area contributed by atoms with Crippen LogP contribution in [0.1, 0.15) is 6.42 Å². The van der Waals surface area contributed by atoms with E-state index < -0.39 is 13.6 Å². The number of hydrogen-bond donors (Lipinski definition) is 3. The molecule has 0 aromatic carbocycles. The normalized spacial score (nSPS) is 27.2. The summed E-state index contributed by atoms with van der Waals surface area (Å²) in [6, 6.07) is 0. The highest BCUT2D eigenvalue weighted by atomic mass is 31.2. The second-order valence-electron chi connectivity index (χ2n) is 2.03. The van der Waals surface area contributed by atoms with Crippen molar-refractivity contribution in [1.29, 1.82) is 0 Å². The minimum absolute atomic E-state index is 0.502. The SMILES string of the molecule is O[P+](O)(O)C1C=NCC1. The summed E-state index contributed by atoms with van der Waals surface area (Å²) in [6.45, 7) is 0.591. The van der Waals surface area contributed by atoms with Gasteiger partial charge in [0.05, 0.1) is 0 Å². The zero-order valence-electron chi connectivity index (χ0n) is 4.80. The lowest BCUT2D eigenvalue weighted by molar-refractivity contribution is 0.324. The van der Waals surface area contributed by atoms with Crippen molar-refractivity contribution in [3.05, 3.63) is 0 Å². The molecule has 9 heavy (non-hydrogen) atoms. The maximum absolute atomic E-state index is 8.65. The van der Waals surface area contributed by atoms with E-state index in [1.165, 1.54) is 6.21 Å². The second kappa shape index (κ2) is 2.31. The predicted molar refractivity (Wildman–Crippen MR) is 35.3 cm³/mol. The van der Waals surface area contributed by atoms with E-state index in [4.69, 9.17) is 14.7 Å². The summed E-state index contributed by atoms with van der Waals surface area (Å²) in [5.74, 6) is 0. The van der Waals surface area contributed by atoms with Gasteiger partial charge in [-0.05, 0) is 0 Å². The third-order valence-electron chi connectivity index (χ3n) is 1.28. The Balaban J connectivity index is 2.53. The van der Waals surface area contributed by atoms with Crippen LogP contribution in [0.5, 0.6) is 0 Å². The van der Waals surface area contributed by atoms with Gasteiger partial charge in [0.2, 0.25) is 0 Å². The van der Waals surface area contributed by atoms with Gasteiger partial charge in [0.25, 0.3) is 0 Å². The maximum Gasteiger partial charge on any atom is 0.412 e. The topological polar surface area (TPSA) is 73.0 Å². The van der Waals surface area contributed by atoms with E-state index in [1.54, 1.807) is 0 Å². The highest BCUT2D eigenvalue weighted by Crippen LogP contribution is 2.51. The van der Waals surface area contributed by atoms with Gasteiger partial charge in [-0.25, -0.2) is 0 Å². The average molecular weight is 150 g/mol. The molecule has 52 valence electrons. The molecule has 5 heteroatoms. The third-order valence-corrected chi connectivity index (χ3v) is 2.56. The molecule has 0 aliphatic carbocycles. The van der Waals surface area contributed by atoms with Crippen LogP contribution in [-0.4, -0.2) is 33.1 Å². The van der Waals surface area contributed by atoms with Crippen molar-refractivity contribution < 1.29 is 14.7 Å². The molecule has 0 amide bonds. The van der Waals surface area contributed by atoms with E-state index in [9.17, 15) is 0 Å². The fourth-order valence-corrected chi connectivity index (χ4v) is 1.48. The van der Waals surface area contributed by atoms with Crippen molar-refractivity contribution in [2.45, 2.75) is 12.1 Å². The summed E-state index contributed by atoms with van der Waals surface area (Å²) in [5, 5.41) is 0. The Morgan fingerprint density at radius 3 is 2.33 bits per heavy atom. The second-order valence-corrected chi connectivity index (χ2v) is 3.92. The van der Waals surface area contributed by atoms with E-state index in [0.29, 0.717) is 13.0 Å². The first-order valence-corrected chi connectivity index (χ1v) is 4.39. The van der Waals surface area contributed by atoms with Gasteiger partial charge >= 0.3 is 7.94 Å². The van der Waals surface area contributed by atoms with Crippen LogP contribution in [0, 0.1) is 0 Å². The Labute approximate surface area is 53.5 Å². The molecule has 1 rings (SSSR count). The molecular formula is C4H9NO3P+. The molecule has 0 saturated carbocycles. The first-order valence-electron chi connectivity index (χ1n) is 2.67. The van der Waals surface area contributed by atoms with Crippen LogP contribution < -0.4 is 0 Å². The van der Waals surface area contributed by atoms with Crippen LogP contribution in [0.15, 0.2) is 4.99 Å². The fourth-order valence-electron chi connectivity index (χ4n) is 0.740. The van der Waals surface area contributed by atoms with Crippen LogP contribution in [0.2, 0.25) is 0 Å². The molecule has 1 aliphatic rings. The van der Waals surface area contributed by atoms with Crippen LogP contribution >= 0.6 is 7.94 Å². The number of rotatable bonds is 1. The Morgan fingerprint density at radius 1 is 1.44 bits per heavy atom. The largest absolute Gasteiger partial charge is 0.412 e. The predicted octanol–water partition coefficient (Wildman–Crippen LogP) is -0.431. The van der Waals surface area contributed by atoms with E-state index in [0.717, 1.165) is 0 Å². The molecule has 4 nitrogen and oxygen atoms in total. The number of nitrogens with zero attached hydrogens (tertiary/aromatic N) is 1. The molecule has 1 aliphatic heterocycles. The van der Waals surface area contributed by atoms with Crippen LogP contribution in [0.3, 0.4) is 0 Å². The van der Waals surface area contributed by atoms with E-state index in [-0.39, 0.29) is 0 Å². The van der Waals surface area contributed by atoms with E-state index >= 15 is 0 Å². The molecule has 0 fully saturated rings. The molecule has 3 N–H and O–H groups in total. The van der Waals surface area contributed by atoms with Crippen molar-refractivity contribution in [2.24, 2.45) is 4.99 Å². The minimum atomic E-state index is -3.61. The molecule has 0 spiro atoms. The van der Waals surface area contributed by atoms with Gasteiger partial charge in [0.1, 0.15) is 0 Å². The fraction of sp³-hybridized carbons (Fsp3) is 0.750. The third kappa shape index (κ3) is 1.69. The van der Waals surface area contributed by atoms with Crippen molar-refractivity contribution in [3.63, 3.8) is 0 Å². The van der Waals surface area contributed by atoms with Crippen LogP contribution in [-0.2, 0) is 0 Å². The first kappa shape index (κ1) is 7.09. The number of hydrogen-bond acceptors (Lipinski definition) is 4. The van der Waals surface area contributed by atoms with Crippen LogP contribution in [0.4, 0.5) is 0 Å². The lowest BCUT2D eigenvalue weighted by atomic mass is 10.4. The monoisotopic (exact) mass is 150 g/mol. The molecule has 1 unspecified atom stereocenters. The quantitative estimate of drug-likeness (QED) is 0.444. The maximum atomic E-state index is 8.65. The highest BCUT2D eigenvalue weighted by molar-refractivity contribution is 7.60. The molecule has 1 atom stereocenters. The lowest BCUT2D eigenvalue weighted by Gasteiger charge is -2.06. The van der Waals surface area contributed by atoms with Gasteiger partial charge in [0.15, 0.2) is 5.66 Å². The standard InChI is InChI=1S/C4H9NO3P/c6-9(7,8)4-1-2-5-3-4/h3-4,6-8H,1-2H2/q+1. The van der Waals surface area contributed by atoms with Gasteiger partial charge in [-0.15, -0.1) is 0 Å². The first-order chi connectivity index (χ1) is 4.11. The molecule has 0 aromatic heterocycles. The molecule has 0 radical (unpaired) electrons. The summed E-state index contributed by atoms with van der Waals surface area (Å²) in [4.78, 5) is 29.7. The summed E-state index contributed by atoms with van der Waals surface area (Å²) in [6.07, 6.45) is 1.96. The van der Waals surface area contributed by atoms with Gasteiger partial charge in [-0.2, -0.15) is 14.7 Å². The summed E-state index contributed by atoms with van der Waals surface area (Å²) in [7, 11) is -3.61. The Kier molecular flexibility index (Phi) is 1.82. The zero-order valence-corrected chi connectivity index (χ0v) is 5.70. The highest BCUT2D eigenvalue weighted by Gasteiger charge is 2.42. The van der Waals surface area contributed by atoms with Gasteiger partial charge < -0.3 is 0 Å². The Morgan fingerprint density at radius 2 is 2.11 bits per heavy atom. The van der Waals surface area contributed by atoms with Gasteiger partial charge in [-0.1, -0.05) is 0 Å². The van der Waals surface area contributed by atoms with E-state index in [1.807, 2.05) is 0 Å². The van der Waals surface area contributed by atoms with Gasteiger partial charge in [0, 0.05) is 19.2 Å². The summed E-state index contributed by atoms with van der Waals surface area (Å²) >= 11 is 0. The van der Waals surface area contributed by atoms with Crippen LogP contribution in [0.25, 0.3) is 0 Å². The van der Waals surface area contributed by atoms with Crippen molar-refractivity contribution in [2.75, 3.05) is 6.54 Å². The molecule has 0 bridgehead atoms. The van der Waals surface area contributed by atoms with Crippen molar-refractivity contribution in [1.82, 2.24) is 0 Å². The Hall–Kier alpha value is -0.0200. The van der Waals surface area contributed by atoms with Gasteiger partial charge in [-0.3, -0.25) is 4.99 Å². The molecule has 0 aromatic rings. The zero-order chi connectivity index (χ0) is 6.91. The lowest BCUT2D eigenvalue weighted by Crippen LogP contribution is -2.10. The summed E-state index contributed by atoms with van der Waals surface area (Å²) in [5.41, 5.74) is -0.502. The van der Waals surface area contributed by atoms with Crippen molar-refractivity contribution >= 4 is 14.2 Å². The van der Waals surface area contributed by atoms with E-state index in [2.05, 4.69) is 4.99 Å². The molecular weight excluding hydrogens is 141 g/mol. The molecule has 0 saturated heterocycles. The smallest absolute Gasteiger partial charge is 0.293 e. The molecule has 1 heterocycles. The Bertz CT molecular complexity index is 130. The van der Waals surface area contributed by atoms with Crippen molar-refractivity contribution in [3.8, 4) is 0 Å². The average Bonchev–Trinajstić information content (AvgIpc) is 2.08. The minimum Gasteiger partial charge on any atom is -0.293 e. The summed E-state index contributed by atoms with van der Waals surface area (Å²) < 4.78 is 0. The number of aliphatic imine (C=N–C) groups is 1.